The first-order valence-corrected chi connectivity index (χ1v) is 8.62. The van der Waals surface area contributed by atoms with Crippen LogP contribution in [0.15, 0.2) is 48.3 Å². The summed E-state index contributed by atoms with van der Waals surface area (Å²) in [4.78, 5) is 20.5. The van der Waals surface area contributed by atoms with Gasteiger partial charge in [0.25, 0.3) is 5.91 Å². The van der Waals surface area contributed by atoms with Crippen LogP contribution in [0.2, 0.25) is 0 Å². The summed E-state index contributed by atoms with van der Waals surface area (Å²) in [5, 5.41) is 8.76. The second-order valence-corrected chi connectivity index (χ2v) is 7.65. The molecule has 0 fully saturated rings. The zero-order valence-electron chi connectivity index (χ0n) is 9.40. The lowest BCUT2D eigenvalue weighted by molar-refractivity contribution is -0.112. The van der Waals surface area contributed by atoms with E-state index >= 15 is 0 Å². The van der Waals surface area contributed by atoms with Gasteiger partial charge in [-0.05, 0) is 16.2 Å². The number of amides is 1. The topological polar surface area (TPSA) is 54.9 Å². The van der Waals surface area contributed by atoms with Gasteiger partial charge >= 0.3 is 0 Å². The third kappa shape index (κ3) is 3.19. The largest absolute Gasteiger partial charge is 0.319 e. The van der Waals surface area contributed by atoms with Crippen LogP contribution in [0.4, 0.5) is 5.69 Å². The predicted molar refractivity (Wildman–Crippen MR) is 85.3 cm³/mol. The molecular weight excluding hydrogens is 318 g/mol. The van der Waals surface area contributed by atoms with Crippen LogP contribution in [0.3, 0.4) is 0 Å². The van der Waals surface area contributed by atoms with Crippen LogP contribution in [-0.4, -0.2) is 15.9 Å². The van der Waals surface area contributed by atoms with Gasteiger partial charge < -0.3 is 5.32 Å². The van der Waals surface area contributed by atoms with Crippen LogP contribution in [-0.2, 0) is 4.79 Å². The van der Waals surface area contributed by atoms with Crippen LogP contribution in [0, 0.1) is 0 Å². The number of nitrogens with one attached hydrogen (secondary N) is 1. The van der Waals surface area contributed by atoms with Gasteiger partial charge in [0.05, 0.1) is 31.5 Å². The summed E-state index contributed by atoms with van der Waals surface area (Å²) in [5.41, 5.74) is 0.603. The molecule has 2 aliphatic rings. The number of anilines is 1. The molecule has 0 bridgehead atoms. The van der Waals surface area contributed by atoms with E-state index in [0.29, 0.717) is 10.6 Å². The van der Waals surface area contributed by atoms with Crippen molar-refractivity contribution >= 4 is 58.6 Å². The lowest BCUT2D eigenvalue weighted by Crippen LogP contribution is -2.12. The Morgan fingerprint density at radius 2 is 1.79 bits per heavy atom. The van der Waals surface area contributed by atoms with Crippen molar-refractivity contribution in [3.05, 3.63) is 48.3 Å². The minimum Gasteiger partial charge on any atom is -0.319 e. The highest BCUT2D eigenvalue weighted by Crippen LogP contribution is 2.53. The molecule has 96 valence electrons. The number of carbonyl (C=O) groups excluding carboxylic acids is 1. The van der Waals surface area contributed by atoms with Crippen molar-refractivity contribution in [2.24, 2.45) is 0 Å². The van der Waals surface area contributed by atoms with Gasteiger partial charge in [-0.1, -0.05) is 47.0 Å². The van der Waals surface area contributed by atoms with Crippen molar-refractivity contribution in [3.63, 3.8) is 0 Å². The van der Waals surface area contributed by atoms with E-state index in [4.69, 9.17) is 0 Å². The summed E-state index contributed by atoms with van der Waals surface area (Å²) in [6.07, 6.45) is 4.58. The first-order chi connectivity index (χ1) is 9.33. The molecule has 1 amide bonds. The normalized spacial score (nSPS) is 17.8. The lowest BCUT2D eigenvalue weighted by atomic mass is 10.5. The highest BCUT2D eigenvalue weighted by Gasteiger charge is 2.23. The van der Waals surface area contributed by atoms with Crippen LogP contribution in [0.5, 0.6) is 0 Å². The maximum Gasteiger partial charge on any atom is 0.263 e. The summed E-state index contributed by atoms with van der Waals surface area (Å²) >= 11 is 6.48. The van der Waals surface area contributed by atoms with Crippen molar-refractivity contribution in [3.8, 4) is 0 Å². The Hall–Kier alpha value is -0.830. The molecule has 0 saturated heterocycles. The van der Waals surface area contributed by atoms with Gasteiger partial charge in [-0.15, -0.1) is 0 Å². The number of rotatable bonds is 2. The number of thioether (sulfide) groups is 4. The maximum atomic E-state index is 12.1. The minimum absolute atomic E-state index is 0.121. The highest BCUT2D eigenvalue weighted by molar-refractivity contribution is 8.33. The first-order valence-electron chi connectivity index (χ1n) is 5.16. The molecule has 1 N–H and O–H groups in total. The first kappa shape index (κ1) is 13.2. The fourth-order valence-corrected chi connectivity index (χ4v) is 5.65. The van der Waals surface area contributed by atoms with Crippen LogP contribution in [0.1, 0.15) is 0 Å². The second kappa shape index (κ2) is 6.08. The molecule has 0 unspecified atom stereocenters. The molecule has 1 aromatic heterocycles. The van der Waals surface area contributed by atoms with Gasteiger partial charge in [0.2, 0.25) is 0 Å². The van der Waals surface area contributed by atoms with E-state index in [2.05, 4.69) is 15.3 Å². The Morgan fingerprint density at radius 3 is 2.53 bits per heavy atom. The molecule has 3 rings (SSSR count). The summed E-state index contributed by atoms with van der Waals surface area (Å²) in [6, 6.07) is 0. The maximum absolute atomic E-state index is 12.1. The molecule has 0 radical (unpaired) electrons. The fraction of sp³-hybridized carbons (Fsp3) is 0. The van der Waals surface area contributed by atoms with E-state index in [0.717, 1.165) is 4.24 Å². The van der Waals surface area contributed by atoms with E-state index < -0.39 is 0 Å². The standard InChI is InChI=1S/C11H7N3OS4/c15-9(14-7-3-12-6-13-4-7)8-5-18-11(19-8)10-16-1-2-17-10/h1-6H,(H,14,15). The molecule has 19 heavy (non-hydrogen) atoms. The van der Waals surface area contributed by atoms with Gasteiger partial charge in [0.1, 0.15) is 6.33 Å². The quantitative estimate of drug-likeness (QED) is 0.887. The van der Waals surface area contributed by atoms with Gasteiger partial charge in [0.15, 0.2) is 0 Å². The summed E-state index contributed by atoms with van der Waals surface area (Å²) in [7, 11) is 0. The minimum atomic E-state index is -0.121. The Kier molecular flexibility index (Phi) is 4.21. The summed E-state index contributed by atoms with van der Waals surface area (Å²) < 4.78 is 2.39. The van der Waals surface area contributed by atoms with Crippen molar-refractivity contribution < 1.29 is 4.79 Å². The van der Waals surface area contributed by atoms with Crippen molar-refractivity contribution in [1.29, 1.82) is 0 Å². The SMILES string of the molecule is O=C(Nc1cncnc1)C1=CSC(=C2SC=CS2)S1. The molecule has 0 saturated carbocycles. The van der Waals surface area contributed by atoms with Gasteiger partial charge in [-0.3, -0.25) is 4.79 Å². The van der Waals surface area contributed by atoms with Crippen LogP contribution < -0.4 is 5.32 Å². The van der Waals surface area contributed by atoms with Crippen molar-refractivity contribution in [2.45, 2.75) is 0 Å². The predicted octanol–water partition coefficient (Wildman–Crippen LogP) is 3.81. The molecule has 0 atom stereocenters. The molecule has 3 heterocycles. The monoisotopic (exact) mass is 325 g/mol. The molecule has 2 aliphatic heterocycles. The molecule has 1 aromatic rings. The lowest BCUT2D eigenvalue weighted by Gasteiger charge is -2.04. The van der Waals surface area contributed by atoms with E-state index in [1.165, 1.54) is 22.3 Å². The molecule has 8 heteroatoms. The third-order valence-electron chi connectivity index (χ3n) is 2.09. The Labute approximate surface area is 127 Å². The van der Waals surface area contributed by atoms with Crippen molar-refractivity contribution in [2.75, 3.05) is 5.32 Å². The molecule has 4 nitrogen and oxygen atoms in total. The van der Waals surface area contributed by atoms with Gasteiger partial charge in [0, 0.05) is 0 Å². The zero-order valence-corrected chi connectivity index (χ0v) is 12.7. The average Bonchev–Trinajstić information content (AvgIpc) is 3.11. The zero-order chi connectivity index (χ0) is 13.1. The Morgan fingerprint density at radius 1 is 1.05 bits per heavy atom. The van der Waals surface area contributed by atoms with E-state index in [1.54, 1.807) is 47.7 Å². The van der Waals surface area contributed by atoms with E-state index in [1.807, 2.05) is 16.2 Å². The van der Waals surface area contributed by atoms with Crippen LogP contribution in [0.25, 0.3) is 0 Å². The van der Waals surface area contributed by atoms with Crippen molar-refractivity contribution in [1.82, 2.24) is 9.97 Å². The smallest absolute Gasteiger partial charge is 0.263 e. The Balaban J connectivity index is 1.65. The Bertz CT molecular complexity index is 587. The van der Waals surface area contributed by atoms with Crippen LogP contribution >= 0.6 is 47.0 Å². The number of nitrogens with zero attached hydrogens (tertiary/aromatic N) is 2. The number of hydrogen-bond donors (Lipinski definition) is 1. The fourth-order valence-electron chi connectivity index (χ4n) is 1.30. The highest BCUT2D eigenvalue weighted by atomic mass is 32.2. The molecular formula is C11H7N3OS4. The third-order valence-corrected chi connectivity index (χ3v) is 7.11. The molecule has 0 aromatic carbocycles. The number of aromatic nitrogens is 2. The van der Waals surface area contributed by atoms with E-state index in [9.17, 15) is 4.79 Å². The van der Waals surface area contributed by atoms with Gasteiger partial charge in [-0.25, -0.2) is 9.97 Å². The second-order valence-electron chi connectivity index (χ2n) is 3.37. The van der Waals surface area contributed by atoms with Gasteiger partial charge in [-0.2, -0.15) is 0 Å². The number of carbonyl (C=O) groups is 1. The molecule has 0 aliphatic carbocycles. The van der Waals surface area contributed by atoms with E-state index in [-0.39, 0.29) is 5.91 Å². The number of hydrogen-bond acceptors (Lipinski definition) is 7. The molecule has 0 spiro atoms. The summed E-state index contributed by atoms with van der Waals surface area (Å²) in [5.74, 6) is -0.121. The average molecular weight is 325 g/mol. The summed E-state index contributed by atoms with van der Waals surface area (Å²) in [6.45, 7) is 0.